The van der Waals surface area contributed by atoms with Crippen molar-refractivity contribution in [3.8, 4) is 11.3 Å². The van der Waals surface area contributed by atoms with Gasteiger partial charge in [-0.1, -0.05) is 29.8 Å². The van der Waals surface area contributed by atoms with Gasteiger partial charge in [0.2, 0.25) is 0 Å². The van der Waals surface area contributed by atoms with E-state index < -0.39 is 0 Å². The normalized spacial score (nSPS) is 10.4. The van der Waals surface area contributed by atoms with Crippen molar-refractivity contribution in [2.24, 2.45) is 0 Å². The molecule has 0 aliphatic rings. The maximum Gasteiger partial charge on any atom is 0.134 e. The molecular formula is C19H18Cl2FNO. The minimum absolute atomic E-state index is 0. The van der Waals surface area contributed by atoms with E-state index in [0.717, 1.165) is 22.6 Å². The highest BCUT2D eigenvalue weighted by atomic mass is 35.5. The van der Waals surface area contributed by atoms with Crippen LogP contribution in [0.1, 0.15) is 11.3 Å². The van der Waals surface area contributed by atoms with E-state index in [2.05, 4.69) is 5.32 Å². The van der Waals surface area contributed by atoms with Gasteiger partial charge in [0.05, 0.1) is 6.54 Å². The van der Waals surface area contributed by atoms with Crippen LogP contribution in [-0.2, 0) is 13.0 Å². The Hall–Kier alpha value is -1.81. The number of furan rings is 1. The second-order valence-electron chi connectivity index (χ2n) is 5.29. The van der Waals surface area contributed by atoms with E-state index in [-0.39, 0.29) is 18.2 Å². The Bertz CT molecular complexity index is 771. The molecule has 0 bridgehead atoms. The van der Waals surface area contributed by atoms with Crippen LogP contribution in [0.2, 0.25) is 5.02 Å². The highest BCUT2D eigenvalue weighted by Crippen LogP contribution is 2.23. The molecular weight excluding hydrogens is 348 g/mol. The van der Waals surface area contributed by atoms with Gasteiger partial charge in [0.25, 0.3) is 0 Å². The van der Waals surface area contributed by atoms with Crippen molar-refractivity contribution in [1.82, 2.24) is 5.32 Å². The molecule has 0 saturated heterocycles. The molecule has 0 aliphatic heterocycles. The van der Waals surface area contributed by atoms with Gasteiger partial charge in [-0.2, -0.15) is 0 Å². The fourth-order valence-electron chi connectivity index (χ4n) is 2.38. The maximum absolute atomic E-state index is 13.5. The Morgan fingerprint density at radius 1 is 0.958 bits per heavy atom. The lowest BCUT2D eigenvalue weighted by Crippen LogP contribution is -2.16. The van der Waals surface area contributed by atoms with Crippen LogP contribution in [0.5, 0.6) is 0 Å². The summed E-state index contributed by atoms with van der Waals surface area (Å²) in [6.45, 7) is 1.31. The first-order valence-electron chi connectivity index (χ1n) is 7.51. The molecule has 0 saturated carbocycles. The molecule has 0 spiro atoms. The fourth-order valence-corrected chi connectivity index (χ4v) is 2.50. The van der Waals surface area contributed by atoms with Gasteiger partial charge in [0, 0.05) is 10.6 Å². The largest absolute Gasteiger partial charge is 0.460 e. The summed E-state index contributed by atoms with van der Waals surface area (Å²) < 4.78 is 19.3. The molecule has 0 aliphatic carbocycles. The molecule has 0 fully saturated rings. The van der Waals surface area contributed by atoms with Gasteiger partial charge in [0.1, 0.15) is 17.3 Å². The first kappa shape index (κ1) is 18.5. The standard InChI is InChI=1S/C19H17ClFNO.ClH/c20-16-7-5-15(6-8-16)19-10-9-17(23-19)13-22-12-11-14-3-1-2-4-18(14)21;/h1-10,22H,11-13H2;1H. The summed E-state index contributed by atoms with van der Waals surface area (Å²) in [5, 5.41) is 3.97. The van der Waals surface area contributed by atoms with Crippen LogP contribution in [-0.4, -0.2) is 6.54 Å². The average Bonchev–Trinajstić information content (AvgIpc) is 3.03. The molecule has 5 heteroatoms. The predicted molar refractivity (Wildman–Crippen MR) is 98.2 cm³/mol. The van der Waals surface area contributed by atoms with Crippen LogP contribution in [0, 0.1) is 5.82 Å². The third-order valence-electron chi connectivity index (χ3n) is 3.62. The van der Waals surface area contributed by atoms with E-state index >= 15 is 0 Å². The topological polar surface area (TPSA) is 25.2 Å². The summed E-state index contributed by atoms with van der Waals surface area (Å²) in [5.41, 5.74) is 1.72. The molecule has 0 atom stereocenters. The summed E-state index contributed by atoms with van der Waals surface area (Å²) in [7, 11) is 0. The van der Waals surface area contributed by atoms with Crippen molar-refractivity contribution in [2.75, 3.05) is 6.54 Å². The Morgan fingerprint density at radius 3 is 2.46 bits per heavy atom. The molecule has 0 amide bonds. The average molecular weight is 366 g/mol. The zero-order valence-electron chi connectivity index (χ0n) is 13.0. The summed E-state index contributed by atoms with van der Waals surface area (Å²) in [4.78, 5) is 0. The van der Waals surface area contributed by atoms with E-state index in [4.69, 9.17) is 16.0 Å². The van der Waals surface area contributed by atoms with Crippen molar-refractivity contribution < 1.29 is 8.81 Å². The van der Waals surface area contributed by atoms with Gasteiger partial charge >= 0.3 is 0 Å². The van der Waals surface area contributed by atoms with Crippen LogP contribution in [0.3, 0.4) is 0 Å². The first-order valence-corrected chi connectivity index (χ1v) is 7.89. The van der Waals surface area contributed by atoms with E-state index in [1.807, 2.05) is 48.5 Å². The van der Waals surface area contributed by atoms with Crippen LogP contribution in [0.25, 0.3) is 11.3 Å². The molecule has 0 radical (unpaired) electrons. The molecule has 3 aromatic rings. The van der Waals surface area contributed by atoms with E-state index in [0.29, 0.717) is 24.5 Å². The third-order valence-corrected chi connectivity index (χ3v) is 3.87. The molecule has 126 valence electrons. The molecule has 1 heterocycles. The van der Waals surface area contributed by atoms with E-state index in [1.54, 1.807) is 6.07 Å². The minimum atomic E-state index is -0.155. The fraction of sp³-hybridized carbons (Fsp3) is 0.158. The van der Waals surface area contributed by atoms with Gasteiger partial charge in [-0.15, -0.1) is 12.4 Å². The lowest BCUT2D eigenvalue weighted by molar-refractivity contribution is 0.493. The Kier molecular flexibility index (Phi) is 6.85. The number of nitrogens with one attached hydrogen (secondary N) is 1. The van der Waals surface area contributed by atoms with Crippen LogP contribution >= 0.6 is 24.0 Å². The van der Waals surface area contributed by atoms with Gasteiger partial charge in [0.15, 0.2) is 0 Å². The second-order valence-corrected chi connectivity index (χ2v) is 5.73. The Balaban J connectivity index is 0.00000208. The van der Waals surface area contributed by atoms with E-state index in [1.165, 1.54) is 6.07 Å². The second kappa shape index (κ2) is 8.88. The summed E-state index contributed by atoms with van der Waals surface area (Å²) in [6, 6.07) is 18.3. The molecule has 1 N–H and O–H groups in total. The third kappa shape index (κ3) is 4.84. The number of hydrogen-bond acceptors (Lipinski definition) is 2. The molecule has 2 aromatic carbocycles. The summed E-state index contributed by atoms with van der Waals surface area (Å²) in [5.74, 6) is 1.51. The van der Waals surface area contributed by atoms with Gasteiger partial charge < -0.3 is 9.73 Å². The monoisotopic (exact) mass is 365 g/mol. The lowest BCUT2D eigenvalue weighted by atomic mass is 10.1. The van der Waals surface area contributed by atoms with Gasteiger partial charge in [-0.05, 0) is 61.0 Å². The van der Waals surface area contributed by atoms with Crippen molar-refractivity contribution in [3.05, 3.63) is 82.8 Å². The van der Waals surface area contributed by atoms with E-state index in [9.17, 15) is 4.39 Å². The van der Waals surface area contributed by atoms with Crippen LogP contribution < -0.4 is 5.32 Å². The lowest BCUT2D eigenvalue weighted by Gasteiger charge is -2.04. The number of hydrogen-bond donors (Lipinski definition) is 1. The van der Waals surface area contributed by atoms with Gasteiger partial charge in [-0.3, -0.25) is 0 Å². The summed E-state index contributed by atoms with van der Waals surface area (Å²) in [6.07, 6.45) is 0.650. The van der Waals surface area contributed by atoms with Crippen molar-refractivity contribution in [2.45, 2.75) is 13.0 Å². The first-order chi connectivity index (χ1) is 11.2. The molecule has 3 rings (SSSR count). The zero-order chi connectivity index (χ0) is 16.1. The van der Waals surface area contributed by atoms with Crippen LogP contribution in [0.4, 0.5) is 4.39 Å². The highest BCUT2D eigenvalue weighted by molar-refractivity contribution is 6.30. The van der Waals surface area contributed by atoms with Crippen molar-refractivity contribution >= 4 is 24.0 Å². The van der Waals surface area contributed by atoms with Crippen LogP contribution in [0.15, 0.2) is 65.1 Å². The SMILES string of the molecule is Cl.Fc1ccccc1CCNCc1ccc(-c2ccc(Cl)cc2)o1. The molecule has 1 aromatic heterocycles. The number of rotatable bonds is 6. The smallest absolute Gasteiger partial charge is 0.134 e. The number of halogens is 3. The zero-order valence-corrected chi connectivity index (χ0v) is 14.5. The van der Waals surface area contributed by atoms with Crippen molar-refractivity contribution in [1.29, 1.82) is 0 Å². The minimum Gasteiger partial charge on any atom is -0.460 e. The molecule has 0 unspecified atom stereocenters. The highest BCUT2D eigenvalue weighted by Gasteiger charge is 2.05. The molecule has 24 heavy (non-hydrogen) atoms. The predicted octanol–water partition coefficient (Wildman–Crippen LogP) is 5.49. The maximum atomic E-state index is 13.5. The Labute approximate surface area is 152 Å². The van der Waals surface area contributed by atoms with Crippen molar-refractivity contribution in [3.63, 3.8) is 0 Å². The van der Waals surface area contributed by atoms with Gasteiger partial charge in [-0.25, -0.2) is 4.39 Å². The summed E-state index contributed by atoms with van der Waals surface area (Å²) >= 11 is 5.88. The molecule has 2 nitrogen and oxygen atoms in total. The quantitative estimate of drug-likeness (QED) is 0.584. The Morgan fingerprint density at radius 2 is 1.71 bits per heavy atom. The number of benzene rings is 2.